The topological polar surface area (TPSA) is 53.0 Å². The molecule has 1 saturated heterocycles. The van der Waals surface area contributed by atoms with E-state index in [2.05, 4.69) is 11.9 Å². The second-order valence-corrected chi connectivity index (χ2v) is 6.52. The van der Waals surface area contributed by atoms with E-state index in [0.717, 1.165) is 50.2 Å². The fourth-order valence-corrected chi connectivity index (χ4v) is 3.62. The molecular weight excluding hydrogens is 292 g/mol. The number of ether oxygens (including phenoxy) is 1. The van der Waals surface area contributed by atoms with Gasteiger partial charge in [-0.05, 0) is 32.4 Å². The van der Waals surface area contributed by atoms with E-state index in [0.29, 0.717) is 12.6 Å². The number of benzene rings is 1. The number of nitrogens with zero attached hydrogens (tertiary/aromatic N) is 2. The van der Waals surface area contributed by atoms with Gasteiger partial charge in [0.1, 0.15) is 18.3 Å². The molecule has 2 aliphatic heterocycles. The van der Waals surface area contributed by atoms with Gasteiger partial charge in [-0.25, -0.2) is 0 Å². The van der Waals surface area contributed by atoms with Crippen LogP contribution in [0.2, 0.25) is 0 Å². The summed E-state index contributed by atoms with van der Waals surface area (Å²) in [7, 11) is 2.11. The minimum Gasteiger partial charge on any atom is -0.492 e. The second kappa shape index (κ2) is 7.32. The van der Waals surface area contributed by atoms with E-state index in [1.54, 1.807) is 0 Å². The molecule has 0 saturated carbocycles. The lowest BCUT2D eigenvalue weighted by atomic mass is 9.97. The van der Waals surface area contributed by atoms with Crippen molar-refractivity contribution in [2.75, 3.05) is 39.9 Å². The van der Waals surface area contributed by atoms with Crippen molar-refractivity contribution >= 4 is 5.91 Å². The quantitative estimate of drug-likeness (QED) is 0.893. The molecule has 1 N–H and O–H groups in total. The molecule has 3 rings (SSSR count). The Morgan fingerprint density at radius 2 is 2.09 bits per heavy atom. The average molecular weight is 318 g/mol. The van der Waals surface area contributed by atoms with Crippen molar-refractivity contribution in [3.63, 3.8) is 0 Å². The highest BCUT2D eigenvalue weighted by Crippen LogP contribution is 2.35. The van der Waals surface area contributed by atoms with Crippen molar-refractivity contribution in [1.82, 2.24) is 9.80 Å². The van der Waals surface area contributed by atoms with Crippen molar-refractivity contribution in [3.8, 4) is 5.75 Å². The molecule has 126 valence electrons. The first kappa shape index (κ1) is 16.3. The molecule has 0 aromatic heterocycles. The van der Waals surface area contributed by atoms with Crippen LogP contribution in [-0.2, 0) is 4.79 Å². The Labute approximate surface area is 137 Å². The van der Waals surface area contributed by atoms with Crippen LogP contribution in [0, 0.1) is 0 Å². The van der Waals surface area contributed by atoms with Gasteiger partial charge < -0.3 is 19.6 Å². The smallest absolute Gasteiger partial charge is 0.233 e. The van der Waals surface area contributed by atoms with Crippen LogP contribution in [-0.4, -0.2) is 66.8 Å². The van der Waals surface area contributed by atoms with Gasteiger partial charge in [-0.2, -0.15) is 0 Å². The molecule has 0 radical (unpaired) electrons. The SMILES string of the molecule is CN(CCCO)C1CCN(C(=O)C2COc3ccccc32)CC1. The minimum absolute atomic E-state index is 0.144. The summed E-state index contributed by atoms with van der Waals surface area (Å²) in [5.41, 5.74) is 1.03. The number of piperidine rings is 1. The fourth-order valence-electron chi connectivity index (χ4n) is 3.62. The number of carbonyl (C=O) groups is 1. The summed E-state index contributed by atoms with van der Waals surface area (Å²) in [6.07, 6.45) is 2.82. The Bertz CT molecular complexity index is 541. The molecule has 1 unspecified atom stereocenters. The molecular formula is C18H26N2O3. The zero-order chi connectivity index (χ0) is 16.2. The number of likely N-dealkylation sites (tertiary alicyclic amines) is 1. The third kappa shape index (κ3) is 3.51. The van der Waals surface area contributed by atoms with Crippen LogP contribution in [0.1, 0.15) is 30.7 Å². The van der Waals surface area contributed by atoms with E-state index in [9.17, 15) is 4.79 Å². The molecule has 5 nitrogen and oxygen atoms in total. The number of fused-ring (bicyclic) bond motifs is 1. The molecule has 2 heterocycles. The molecule has 0 bridgehead atoms. The van der Waals surface area contributed by atoms with E-state index >= 15 is 0 Å². The maximum Gasteiger partial charge on any atom is 0.233 e. The summed E-state index contributed by atoms with van der Waals surface area (Å²) in [5.74, 6) is 0.908. The summed E-state index contributed by atoms with van der Waals surface area (Å²) in [6.45, 7) is 3.24. The number of hydrogen-bond donors (Lipinski definition) is 1. The Hall–Kier alpha value is -1.59. The molecule has 1 atom stereocenters. The number of aliphatic hydroxyl groups excluding tert-OH is 1. The van der Waals surface area contributed by atoms with E-state index in [1.807, 2.05) is 29.2 Å². The molecule has 5 heteroatoms. The fraction of sp³-hybridized carbons (Fsp3) is 0.611. The maximum absolute atomic E-state index is 12.8. The van der Waals surface area contributed by atoms with Crippen LogP contribution in [0.5, 0.6) is 5.75 Å². The third-order valence-corrected chi connectivity index (χ3v) is 5.07. The minimum atomic E-state index is -0.144. The van der Waals surface area contributed by atoms with Gasteiger partial charge in [0.25, 0.3) is 0 Å². The molecule has 1 aromatic rings. The van der Waals surface area contributed by atoms with Gasteiger partial charge >= 0.3 is 0 Å². The van der Waals surface area contributed by atoms with Crippen LogP contribution >= 0.6 is 0 Å². The van der Waals surface area contributed by atoms with Gasteiger partial charge in [-0.3, -0.25) is 4.79 Å². The monoisotopic (exact) mass is 318 g/mol. The van der Waals surface area contributed by atoms with Crippen LogP contribution in [0.15, 0.2) is 24.3 Å². The summed E-state index contributed by atoms with van der Waals surface area (Å²) in [5, 5.41) is 8.94. The first-order valence-electron chi connectivity index (χ1n) is 8.52. The van der Waals surface area contributed by atoms with E-state index in [1.165, 1.54) is 0 Å². The summed E-state index contributed by atoms with van der Waals surface area (Å²) >= 11 is 0. The van der Waals surface area contributed by atoms with E-state index < -0.39 is 0 Å². The Morgan fingerprint density at radius 3 is 2.83 bits per heavy atom. The van der Waals surface area contributed by atoms with Gasteiger partial charge in [0.2, 0.25) is 5.91 Å². The maximum atomic E-state index is 12.8. The first-order chi connectivity index (χ1) is 11.2. The molecule has 1 aromatic carbocycles. The molecule has 1 fully saturated rings. The lowest BCUT2D eigenvalue weighted by molar-refractivity contribution is -0.134. The Morgan fingerprint density at radius 1 is 1.35 bits per heavy atom. The molecule has 23 heavy (non-hydrogen) atoms. The van der Waals surface area contributed by atoms with Crippen LogP contribution < -0.4 is 4.74 Å². The van der Waals surface area contributed by atoms with Crippen molar-refractivity contribution in [2.24, 2.45) is 0 Å². The van der Waals surface area contributed by atoms with E-state index in [-0.39, 0.29) is 18.4 Å². The standard InChI is InChI=1S/C18H26N2O3/c1-19(9-4-12-21)14-7-10-20(11-8-14)18(22)16-13-23-17-6-3-2-5-15(16)17/h2-3,5-6,14,16,21H,4,7-13H2,1H3. The zero-order valence-corrected chi connectivity index (χ0v) is 13.8. The summed E-state index contributed by atoms with van der Waals surface area (Å²) in [4.78, 5) is 17.1. The van der Waals surface area contributed by atoms with Crippen LogP contribution in [0.25, 0.3) is 0 Å². The zero-order valence-electron chi connectivity index (χ0n) is 13.8. The lowest BCUT2D eigenvalue weighted by Crippen LogP contribution is -2.47. The number of hydrogen-bond acceptors (Lipinski definition) is 4. The predicted molar refractivity (Wildman–Crippen MR) is 88.6 cm³/mol. The van der Waals surface area contributed by atoms with Crippen molar-refractivity contribution in [2.45, 2.75) is 31.2 Å². The number of rotatable bonds is 5. The van der Waals surface area contributed by atoms with Gasteiger partial charge in [0, 0.05) is 37.8 Å². The molecule has 2 aliphatic rings. The van der Waals surface area contributed by atoms with Crippen molar-refractivity contribution in [3.05, 3.63) is 29.8 Å². The summed E-state index contributed by atoms with van der Waals surface area (Å²) < 4.78 is 5.65. The van der Waals surface area contributed by atoms with Crippen molar-refractivity contribution in [1.29, 1.82) is 0 Å². The highest BCUT2D eigenvalue weighted by Gasteiger charge is 2.35. The van der Waals surface area contributed by atoms with Gasteiger partial charge in [0.15, 0.2) is 0 Å². The van der Waals surface area contributed by atoms with Crippen LogP contribution in [0.3, 0.4) is 0 Å². The van der Waals surface area contributed by atoms with Crippen LogP contribution in [0.4, 0.5) is 0 Å². The average Bonchev–Trinajstić information content (AvgIpc) is 3.03. The number of para-hydroxylation sites is 1. The predicted octanol–water partition coefficient (Wildman–Crippen LogP) is 1.47. The molecule has 0 spiro atoms. The third-order valence-electron chi connectivity index (χ3n) is 5.07. The summed E-state index contributed by atoms with van der Waals surface area (Å²) in [6, 6.07) is 8.36. The van der Waals surface area contributed by atoms with Gasteiger partial charge in [0.05, 0.1) is 0 Å². The largest absolute Gasteiger partial charge is 0.492 e. The van der Waals surface area contributed by atoms with Gasteiger partial charge in [-0.1, -0.05) is 18.2 Å². The number of carbonyl (C=O) groups excluding carboxylic acids is 1. The van der Waals surface area contributed by atoms with Gasteiger partial charge in [-0.15, -0.1) is 0 Å². The number of amides is 1. The normalized spacial score (nSPS) is 21.3. The second-order valence-electron chi connectivity index (χ2n) is 6.52. The highest BCUT2D eigenvalue weighted by atomic mass is 16.5. The Balaban J connectivity index is 1.55. The molecule has 0 aliphatic carbocycles. The Kier molecular flexibility index (Phi) is 5.18. The highest BCUT2D eigenvalue weighted by molar-refractivity contribution is 5.85. The number of aliphatic hydroxyl groups is 1. The van der Waals surface area contributed by atoms with Crippen molar-refractivity contribution < 1.29 is 14.6 Å². The first-order valence-corrected chi connectivity index (χ1v) is 8.52. The molecule has 1 amide bonds. The lowest BCUT2D eigenvalue weighted by Gasteiger charge is -2.37. The van der Waals surface area contributed by atoms with E-state index in [4.69, 9.17) is 9.84 Å².